The summed E-state index contributed by atoms with van der Waals surface area (Å²) in [5, 5.41) is 10.2. The predicted octanol–water partition coefficient (Wildman–Crippen LogP) is 3.10. The van der Waals surface area contributed by atoms with Gasteiger partial charge in [0.05, 0.1) is 0 Å². The topological polar surface area (TPSA) is 29.5 Å². The fourth-order valence-electron chi connectivity index (χ4n) is 2.27. The Hall–Kier alpha value is -1.38. The van der Waals surface area contributed by atoms with Crippen molar-refractivity contribution in [2.75, 3.05) is 6.61 Å². The lowest BCUT2D eigenvalue weighted by Gasteiger charge is -2.33. The molecule has 1 aliphatic rings. The van der Waals surface area contributed by atoms with Crippen molar-refractivity contribution in [3.05, 3.63) is 53.6 Å². The maximum absolute atomic E-state index is 10.2. The normalized spacial score (nSPS) is 27.1. The van der Waals surface area contributed by atoms with E-state index in [9.17, 15) is 5.11 Å². The summed E-state index contributed by atoms with van der Waals surface area (Å²) < 4.78 is 5.62. The van der Waals surface area contributed by atoms with Crippen LogP contribution >= 0.6 is 0 Å². The Bertz CT molecular complexity index is 488. The summed E-state index contributed by atoms with van der Waals surface area (Å²) in [6.45, 7) is 6.51. The maximum Gasteiger partial charge on any atom is 0.113 e. The van der Waals surface area contributed by atoms with E-state index < -0.39 is 11.7 Å². The number of allylic oxidation sites excluding steroid dienone is 2. The molecule has 2 nitrogen and oxygen atoms in total. The van der Waals surface area contributed by atoms with E-state index in [0.29, 0.717) is 6.61 Å². The monoisotopic (exact) mass is 244 g/mol. The van der Waals surface area contributed by atoms with Gasteiger partial charge in [-0.15, -0.1) is 0 Å². The van der Waals surface area contributed by atoms with E-state index in [1.54, 1.807) is 0 Å². The van der Waals surface area contributed by atoms with Crippen LogP contribution in [0.25, 0.3) is 5.57 Å². The molecule has 0 saturated heterocycles. The minimum Gasteiger partial charge on any atom is -0.386 e. The van der Waals surface area contributed by atoms with Crippen molar-refractivity contribution in [1.82, 2.24) is 0 Å². The number of hydrogen-bond donors (Lipinski definition) is 1. The molecule has 2 heteroatoms. The molecule has 18 heavy (non-hydrogen) atoms. The molecular weight excluding hydrogens is 224 g/mol. The first-order valence-electron chi connectivity index (χ1n) is 6.36. The lowest BCUT2D eigenvalue weighted by atomic mass is 9.87. The smallest absolute Gasteiger partial charge is 0.113 e. The van der Waals surface area contributed by atoms with Gasteiger partial charge in [-0.3, -0.25) is 0 Å². The van der Waals surface area contributed by atoms with Gasteiger partial charge >= 0.3 is 0 Å². The second kappa shape index (κ2) is 5.09. The molecule has 2 unspecified atom stereocenters. The molecule has 0 aliphatic heterocycles. The third-order valence-electron chi connectivity index (χ3n) is 3.43. The number of aliphatic hydroxyl groups is 1. The highest BCUT2D eigenvalue weighted by atomic mass is 16.5. The summed E-state index contributed by atoms with van der Waals surface area (Å²) in [7, 11) is 0. The Labute approximate surface area is 109 Å². The van der Waals surface area contributed by atoms with Crippen LogP contribution in [0.2, 0.25) is 0 Å². The molecule has 0 bridgehead atoms. The van der Waals surface area contributed by atoms with Crippen LogP contribution in [-0.4, -0.2) is 23.4 Å². The predicted molar refractivity (Wildman–Crippen MR) is 74.3 cm³/mol. The Kier molecular flexibility index (Phi) is 3.69. The van der Waals surface area contributed by atoms with Crippen molar-refractivity contribution >= 4 is 5.57 Å². The first kappa shape index (κ1) is 13.1. The van der Waals surface area contributed by atoms with Gasteiger partial charge in [-0.25, -0.2) is 0 Å². The molecule has 2 atom stereocenters. The van der Waals surface area contributed by atoms with Crippen molar-refractivity contribution in [2.24, 2.45) is 0 Å². The SMILES string of the molecule is CCOC1(C)C=CC(c2ccccc2C)=CC1O. The molecule has 1 aliphatic carbocycles. The van der Waals surface area contributed by atoms with E-state index in [2.05, 4.69) is 19.1 Å². The van der Waals surface area contributed by atoms with Gasteiger partial charge in [-0.2, -0.15) is 0 Å². The van der Waals surface area contributed by atoms with E-state index in [-0.39, 0.29) is 0 Å². The average Bonchev–Trinajstić information content (AvgIpc) is 2.34. The van der Waals surface area contributed by atoms with Gasteiger partial charge in [0.2, 0.25) is 0 Å². The number of aliphatic hydroxyl groups excluding tert-OH is 1. The Balaban J connectivity index is 2.30. The van der Waals surface area contributed by atoms with E-state index >= 15 is 0 Å². The van der Waals surface area contributed by atoms with Gasteiger partial charge in [-0.1, -0.05) is 30.3 Å². The molecule has 1 N–H and O–H groups in total. The van der Waals surface area contributed by atoms with Crippen LogP contribution in [0.15, 0.2) is 42.5 Å². The molecule has 0 radical (unpaired) electrons. The third-order valence-corrected chi connectivity index (χ3v) is 3.43. The third kappa shape index (κ3) is 2.40. The van der Waals surface area contributed by atoms with Gasteiger partial charge in [0.25, 0.3) is 0 Å². The highest BCUT2D eigenvalue weighted by molar-refractivity contribution is 5.77. The summed E-state index contributed by atoms with van der Waals surface area (Å²) in [5.74, 6) is 0. The van der Waals surface area contributed by atoms with Crippen molar-refractivity contribution in [1.29, 1.82) is 0 Å². The zero-order valence-electron chi connectivity index (χ0n) is 11.2. The fourth-order valence-corrected chi connectivity index (χ4v) is 2.27. The largest absolute Gasteiger partial charge is 0.386 e. The number of ether oxygens (including phenoxy) is 1. The highest BCUT2D eigenvalue weighted by Gasteiger charge is 2.32. The standard InChI is InChI=1S/C16H20O2/c1-4-18-16(3)10-9-13(11-15(16)17)14-8-6-5-7-12(14)2/h5-11,15,17H,4H2,1-3H3. The van der Waals surface area contributed by atoms with Crippen LogP contribution in [0.1, 0.15) is 25.0 Å². The summed E-state index contributed by atoms with van der Waals surface area (Å²) in [6, 6.07) is 8.18. The quantitative estimate of drug-likeness (QED) is 0.885. The van der Waals surface area contributed by atoms with Gasteiger partial charge in [-0.05, 0) is 49.6 Å². The van der Waals surface area contributed by atoms with E-state index in [1.165, 1.54) is 5.56 Å². The highest BCUT2D eigenvalue weighted by Crippen LogP contribution is 2.30. The first-order chi connectivity index (χ1) is 8.57. The van der Waals surface area contributed by atoms with Gasteiger partial charge in [0, 0.05) is 6.61 Å². The fraction of sp³-hybridized carbons (Fsp3) is 0.375. The molecule has 1 aromatic carbocycles. The number of hydrogen-bond acceptors (Lipinski definition) is 2. The summed E-state index contributed by atoms with van der Waals surface area (Å²) >= 11 is 0. The molecule has 2 rings (SSSR count). The van der Waals surface area contributed by atoms with Gasteiger partial charge in [0.15, 0.2) is 0 Å². The number of benzene rings is 1. The van der Waals surface area contributed by atoms with Gasteiger partial charge < -0.3 is 9.84 Å². The molecule has 0 fully saturated rings. The van der Waals surface area contributed by atoms with Crippen molar-refractivity contribution < 1.29 is 9.84 Å². The van der Waals surface area contributed by atoms with Crippen LogP contribution in [-0.2, 0) is 4.74 Å². The van der Waals surface area contributed by atoms with Crippen LogP contribution in [0, 0.1) is 6.92 Å². The second-order valence-electron chi connectivity index (χ2n) is 4.83. The second-order valence-corrected chi connectivity index (χ2v) is 4.83. The number of rotatable bonds is 3. The minimum absolute atomic E-state index is 0.589. The van der Waals surface area contributed by atoms with Crippen molar-refractivity contribution in [3.8, 4) is 0 Å². The molecule has 96 valence electrons. The van der Waals surface area contributed by atoms with Crippen LogP contribution in [0.4, 0.5) is 0 Å². The minimum atomic E-state index is -0.614. The number of aryl methyl sites for hydroxylation is 1. The molecule has 0 heterocycles. The zero-order chi connectivity index (χ0) is 13.2. The molecule has 0 amide bonds. The van der Waals surface area contributed by atoms with E-state index in [0.717, 1.165) is 11.1 Å². The summed E-state index contributed by atoms with van der Waals surface area (Å²) in [4.78, 5) is 0. The average molecular weight is 244 g/mol. The summed E-state index contributed by atoms with van der Waals surface area (Å²) in [5.41, 5.74) is 2.81. The van der Waals surface area contributed by atoms with Crippen LogP contribution in [0.5, 0.6) is 0 Å². The molecule has 0 aromatic heterocycles. The zero-order valence-corrected chi connectivity index (χ0v) is 11.2. The van der Waals surface area contributed by atoms with Crippen LogP contribution < -0.4 is 0 Å². The van der Waals surface area contributed by atoms with Crippen molar-refractivity contribution in [3.63, 3.8) is 0 Å². The molecule has 0 spiro atoms. The van der Waals surface area contributed by atoms with E-state index in [1.807, 2.05) is 44.2 Å². The van der Waals surface area contributed by atoms with Gasteiger partial charge in [0.1, 0.15) is 11.7 Å². The molecule has 1 aromatic rings. The Morgan fingerprint density at radius 3 is 2.67 bits per heavy atom. The Morgan fingerprint density at radius 2 is 2.06 bits per heavy atom. The van der Waals surface area contributed by atoms with E-state index in [4.69, 9.17) is 4.74 Å². The van der Waals surface area contributed by atoms with Crippen molar-refractivity contribution in [2.45, 2.75) is 32.5 Å². The molecular formula is C16H20O2. The first-order valence-corrected chi connectivity index (χ1v) is 6.36. The summed E-state index contributed by atoms with van der Waals surface area (Å²) in [6.07, 6.45) is 5.24. The maximum atomic E-state index is 10.2. The van der Waals surface area contributed by atoms with Crippen LogP contribution in [0.3, 0.4) is 0 Å². The molecule has 0 saturated carbocycles. The lowest BCUT2D eigenvalue weighted by Crippen LogP contribution is -2.40. The lowest BCUT2D eigenvalue weighted by molar-refractivity contribution is -0.0574. The Morgan fingerprint density at radius 1 is 1.33 bits per heavy atom.